The minimum Gasteiger partial charge on any atom is -0.503 e. The van der Waals surface area contributed by atoms with Gasteiger partial charge in [-0.2, -0.15) is 0 Å². The first-order chi connectivity index (χ1) is 16.5. The Kier molecular flexibility index (Phi) is 5.69. The highest BCUT2D eigenvalue weighted by molar-refractivity contribution is 7.15. The Bertz CT molecular complexity index is 1360. The fourth-order valence-corrected chi connectivity index (χ4v) is 4.48. The quantitative estimate of drug-likeness (QED) is 0.384. The molecule has 0 saturated heterocycles. The van der Waals surface area contributed by atoms with Crippen LogP contribution in [0.4, 0.5) is 5.13 Å². The minimum atomic E-state index is -0.902. The van der Waals surface area contributed by atoms with Gasteiger partial charge in [0.05, 0.1) is 17.9 Å². The third-order valence-electron chi connectivity index (χ3n) is 5.36. The van der Waals surface area contributed by atoms with Crippen molar-refractivity contribution in [2.75, 3.05) is 4.90 Å². The third-order valence-corrected chi connectivity index (χ3v) is 6.20. The first kappa shape index (κ1) is 21.6. The van der Waals surface area contributed by atoms with Gasteiger partial charge in [-0.1, -0.05) is 53.8 Å². The van der Waals surface area contributed by atoms with Crippen LogP contribution >= 0.6 is 11.3 Å². The number of anilines is 1. The maximum Gasteiger partial charge on any atom is 0.296 e. The molecule has 0 fully saturated rings. The van der Waals surface area contributed by atoms with Gasteiger partial charge in [-0.15, -0.1) is 10.2 Å². The van der Waals surface area contributed by atoms with Crippen LogP contribution in [0.5, 0.6) is 5.75 Å². The van der Waals surface area contributed by atoms with E-state index in [2.05, 4.69) is 10.2 Å². The number of furan rings is 1. The number of ether oxygens (including phenoxy) is 1. The molecule has 2 aromatic carbocycles. The second-order valence-corrected chi connectivity index (χ2v) is 8.75. The molecule has 1 aliphatic heterocycles. The van der Waals surface area contributed by atoms with Gasteiger partial charge in [-0.3, -0.25) is 14.5 Å². The van der Waals surface area contributed by atoms with E-state index in [1.165, 1.54) is 28.6 Å². The molecule has 5 rings (SSSR count). The summed E-state index contributed by atoms with van der Waals surface area (Å²) in [4.78, 5) is 27.6. The van der Waals surface area contributed by atoms with Crippen molar-refractivity contribution in [2.45, 2.75) is 19.6 Å². The fourth-order valence-electron chi connectivity index (χ4n) is 3.76. The number of ketones is 1. The summed E-state index contributed by atoms with van der Waals surface area (Å²) in [5.74, 6) is -1.28. The molecule has 8 nitrogen and oxygen atoms in total. The summed E-state index contributed by atoms with van der Waals surface area (Å²) >= 11 is 1.19. The van der Waals surface area contributed by atoms with Crippen LogP contribution in [0.25, 0.3) is 0 Å². The number of aliphatic hydroxyl groups is 1. The lowest BCUT2D eigenvalue weighted by Gasteiger charge is -2.24. The van der Waals surface area contributed by atoms with Crippen molar-refractivity contribution in [3.63, 3.8) is 0 Å². The van der Waals surface area contributed by atoms with E-state index in [4.69, 9.17) is 9.15 Å². The Hall–Kier alpha value is -4.24. The predicted octanol–water partition coefficient (Wildman–Crippen LogP) is 4.80. The second-order valence-electron chi connectivity index (χ2n) is 7.59. The molecular formula is C25H19N3O5S. The normalized spacial score (nSPS) is 15.7. The Labute approximate surface area is 198 Å². The Morgan fingerprint density at radius 3 is 2.50 bits per heavy atom. The molecule has 9 heteroatoms. The van der Waals surface area contributed by atoms with Gasteiger partial charge in [0.25, 0.3) is 5.91 Å². The van der Waals surface area contributed by atoms with Gasteiger partial charge in [0.2, 0.25) is 10.9 Å². The summed E-state index contributed by atoms with van der Waals surface area (Å²) < 4.78 is 11.1. The van der Waals surface area contributed by atoms with Crippen LogP contribution < -0.4 is 9.64 Å². The lowest BCUT2D eigenvalue weighted by atomic mass is 9.95. The molecule has 1 N–H and O–H groups in total. The lowest BCUT2D eigenvalue weighted by molar-refractivity contribution is -0.117. The zero-order valence-electron chi connectivity index (χ0n) is 18.0. The van der Waals surface area contributed by atoms with Gasteiger partial charge >= 0.3 is 0 Å². The number of hydrogen-bond donors (Lipinski definition) is 1. The molecule has 1 amide bonds. The van der Waals surface area contributed by atoms with E-state index in [1.807, 2.05) is 30.3 Å². The molecule has 0 aliphatic carbocycles. The predicted molar refractivity (Wildman–Crippen MR) is 125 cm³/mol. The van der Waals surface area contributed by atoms with E-state index in [-0.39, 0.29) is 16.5 Å². The summed E-state index contributed by atoms with van der Waals surface area (Å²) in [6.45, 7) is 2.17. The van der Waals surface area contributed by atoms with Crippen molar-refractivity contribution >= 4 is 28.2 Å². The molecular weight excluding hydrogens is 454 g/mol. The van der Waals surface area contributed by atoms with E-state index in [0.717, 1.165) is 5.56 Å². The SMILES string of the molecule is Cc1nnc(N2C(=O)C(O)=C(C(=O)c3ccco3)[C@H]2c2ccc(OCc3ccccc3)cc2)s1. The molecule has 3 heterocycles. The standard InChI is InChI=1S/C25H19N3O5S/c1-15-26-27-25(34-15)28-21(20(23(30)24(28)31)22(29)19-8-5-13-32-19)17-9-11-18(12-10-17)33-14-16-6-3-2-4-7-16/h2-13,21,30H,14H2,1H3/t21-/m1/s1. The van der Waals surface area contributed by atoms with Crippen LogP contribution in [0.15, 0.2) is 88.7 Å². The number of aliphatic hydroxyl groups excluding tert-OH is 1. The largest absolute Gasteiger partial charge is 0.503 e. The van der Waals surface area contributed by atoms with E-state index < -0.39 is 23.5 Å². The molecule has 0 saturated carbocycles. The minimum absolute atomic E-state index is 0.0254. The van der Waals surface area contributed by atoms with Gasteiger partial charge in [0, 0.05) is 0 Å². The molecule has 4 aromatic rings. The first-order valence-electron chi connectivity index (χ1n) is 10.4. The average Bonchev–Trinajstić information content (AvgIpc) is 3.59. The molecule has 0 bridgehead atoms. The number of aryl methyl sites for hydroxylation is 1. The Morgan fingerprint density at radius 2 is 1.85 bits per heavy atom. The van der Waals surface area contributed by atoms with Gasteiger partial charge < -0.3 is 14.3 Å². The number of aromatic nitrogens is 2. The number of Topliss-reactive ketones (excluding diaryl/α,β-unsaturated/α-hetero) is 1. The van der Waals surface area contributed by atoms with Crippen LogP contribution in [0, 0.1) is 6.92 Å². The number of carbonyl (C=O) groups excluding carboxylic acids is 2. The van der Waals surface area contributed by atoms with E-state index in [0.29, 0.717) is 22.9 Å². The Balaban J connectivity index is 1.49. The molecule has 0 radical (unpaired) electrons. The molecule has 170 valence electrons. The van der Waals surface area contributed by atoms with Crippen molar-refractivity contribution in [2.24, 2.45) is 0 Å². The van der Waals surface area contributed by atoms with Crippen LogP contribution in [-0.4, -0.2) is 27.0 Å². The highest BCUT2D eigenvalue weighted by atomic mass is 32.1. The maximum atomic E-state index is 13.2. The number of hydrogen-bond acceptors (Lipinski definition) is 8. The number of rotatable bonds is 7. The summed E-state index contributed by atoms with van der Waals surface area (Å²) in [7, 11) is 0. The zero-order valence-corrected chi connectivity index (χ0v) is 18.9. The van der Waals surface area contributed by atoms with Gasteiger partial charge in [0.15, 0.2) is 11.5 Å². The number of nitrogens with zero attached hydrogens (tertiary/aromatic N) is 3. The van der Waals surface area contributed by atoms with Crippen molar-refractivity contribution in [1.82, 2.24) is 10.2 Å². The number of benzene rings is 2. The summed E-state index contributed by atoms with van der Waals surface area (Å²) in [6.07, 6.45) is 1.36. The Morgan fingerprint density at radius 1 is 1.09 bits per heavy atom. The summed E-state index contributed by atoms with van der Waals surface area (Å²) in [5, 5.41) is 19.7. The van der Waals surface area contributed by atoms with Crippen molar-refractivity contribution in [3.8, 4) is 5.75 Å². The van der Waals surface area contributed by atoms with E-state index in [9.17, 15) is 14.7 Å². The number of carbonyl (C=O) groups is 2. The topological polar surface area (TPSA) is 106 Å². The summed E-state index contributed by atoms with van der Waals surface area (Å²) in [5.41, 5.74) is 1.56. The average molecular weight is 474 g/mol. The van der Waals surface area contributed by atoms with E-state index >= 15 is 0 Å². The second kappa shape index (κ2) is 8.95. The lowest BCUT2D eigenvalue weighted by Crippen LogP contribution is -2.31. The molecule has 1 atom stereocenters. The highest BCUT2D eigenvalue weighted by Crippen LogP contribution is 2.43. The fraction of sp³-hybridized carbons (Fsp3) is 0.120. The van der Waals surface area contributed by atoms with Gasteiger partial charge in [-0.05, 0) is 42.3 Å². The van der Waals surface area contributed by atoms with Crippen LogP contribution in [0.2, 0.25) is 0 Å². The van der Waals surface area contributed by atoms with Crippen LogP contribution in [0.3, 0.4) is 0 Å². The van der Waals surface area contributed by atoms with Gasteiger partial charge in [-0.25, -0.2) is 0 Å². The van der Waals surface area contributed by atoms with E-state index in [1.54, 1.807) is 37.3 Å². The molecule has 0 spiro atoms. The van der Waals surface area contributed by atoms with Crippen molar-refractivity contribution in [1.29, 1.82) is 0 Å². The summed E-state index contributed by atoms with van der Waals surface area (Å²) in [6, 6.07) is 19.0. The zero-order chi connectivity index (χ0) is 23.7. The van der Waals surface area contributed by atoms with Gasteiger partial charge in [0.1, 0.15) is 17.4 Å². The highest BCUT2D eigenvalue weighted by Gasteiger charge is 2.46. The third kappa shape index (κ3) is 3.97. The molecule has 2 aromatic heterocycles. The maximum absolute atomic E-state index is 13.2. The molecule has 34 heavy (non-hydrogen) atoms. The number of amides is 1. The smallest absolute Gasteiger partial charge is 0.296 e. The molecule has 0 unspecified atom stereocenters. The first-order valence-corrected chi connectivity index (χ1v) is 11.3. The monoisotopic (exact) mass is 473 g/mol. The van der Waals surface area contributed by atoms with Crippen molar-refractivity contribution < 1.29 is 23.8 Å². The van der Waals surface area contributed by atoms with Crippen LogP contribution in [0.1, 0.15) is 32.7 Å². The molecule has 1 aliphatic rings. The van der Waals surface area contributed by atoms with Crippen molar-refractivity contribution in [3.05, 3.63) is 106 Å². The van der Waals surface area contributed by atoms with Crippen LogP contribution in [-0.2, 0) is 11.4 Å².